The zero-order chi connectivity index (χ0) is 20.7. The highest BCUT2D eigenvalue weighted by molar-refractivity contribution is 7.99. The number of likely N-dealkylation sites (tertiary alicyclic amines) is 1. The molecule has 154 valence electrons. The van der Waals surface area contributed by atoms with E-state index in [9.17, 15) is 4.79 Å². The van der Waals surface area contributed by atoms with Gasteiger partial charge in [-0.15, -0.1) is 5.10 Å². The van der Waals surface area contributed by atoms with Crippen LogP contribution < -0.4 is 0 Å². The minimum absolute atomic E-state index is 0.107. The Hall–Kier alpha value is -2.94. The van der Waals surface area contributed by atoms with Gasteiger partial charge in [-0.1, -0.05) is 23.9 Å². The number of rotatable bonds is 4. The summed E-state index contributed by atoms with van der Waals surface area (Å²) in [7, 11) is 0. The first-order chi connectivity index (χ1) is 14.6. The van der Waals surface area contributed by atoms with Gasteiger partial charge >= 0.3 is 0 Å². The van der Waals surface area contributed by atoms with Gasteiger partial charge in [0.25, 0.3) is 5.78 Å². The van der Waals surface area contributed by atoms with Crippen LogP contribution in [0.1, 0.15) is 36.0 Å². The summed E-state index contributed by atoms with van der Waals surface area (Å²) < 4.78 is 7.63. The number of fused-ring (bicyclic) bond motifs is 2. The first-order valence-electron chi connectivity index (χ1n) is 10.0. The molecule has 5 rings (SSSR count). The normalized spacial score (nSPS) is 15.3. The second-order valence-electron chi connectivity index (χ2n) is 7.61. The Balaban J connectivity index is 1.18. The molecule has 0 N–H and O–H groups in total. The average Bonchev–Trinajstić information content (AvgIpc) is 3.36. The number of nitrogens with zero attached hydrogens (tertiary/aromatic N) is 6. The number of piperidine rings is 1. The Morgan fingerprint density at radius 1 is 1.17 bits per heavy atom. The van der Waals surface area contributed by atoms with Crippen molar-refractivity contribution < 1.29 is 9.21 Å². The Kier molecular flexibility index (Phi) is 4.90. The van der Waals surface area contributed by atoms with Crippen LogP contribution in [0.25, 0.3) is 16.9 Å². The summed E-state index contributed by atoms with van der Waals surface area (Å²) in [5, 5.41) is 5.03. The van der Waals surface area contributed by atoms with Crippen molar-refractivity contribution in [3.8, 4) is 0 Å². The smallest absolute Gasteiger partial charge is 0.253 e. The predicted octanol–water partition coefficient (Wildman–Crippen LogP) is 3.38. The number of benzene rings is 1. The van der Waals surface area contributed by atoms with E-state index in [0.717, 1.165) is 41.2 Å². The molecule has 3 aromatic heterocycles. The van der Waals surface area contributed by atoms with Crippen molar-refractivity contribution in [2.45, 2.75) is 37.8 Å². The highest BCUT2D eigenvalue weighted by Gasteiger charge is 2.27. The number of thioether (sulfide) groups is 1. The quantitative estimate of drug-likeness (QED) is 0.466. The first-order valence-corrected chi connectivity index (χ1v) is 11.0. The van der Waals surface area contributed by atoms with Crippen molar-refractivity contribution in [2.75, 3.05) is 18.8 Å². The van der Waals surface area contributed by atoms with Crippen LogP contribution in [0.15, 0.2) is 39.9 Å². The summed E-state index contributed by atoms with van der Waals surface area (Å²) in [6.45, 7) is 5.32. The second-order valence-corrected chi connectivity index (χ2v) is 8.55. The molecule has 1 saturated heterocycles. The number of para-hydroxylation sites is 2. The van der Waals surface area contributed by atoms with Gasteiger partial charge in [-0.2, -0.15) is 4.98 Å². The summed E-state index contributed by atoms with van der Waals surface area (Å²) in [5.74, 6) is 2.04. The van der Waals surface area contributed by atoms with Gasteiger partial charge in [0.2, 0.25) is 11.1 Å². The van der Waals surface area contributed by atoms with Gasteiger partial charge in [0.05, 0.1) is 5.75 Å². The fourth-order valence-corrected chi connectivity index (χ4v) is 4.59. The summed E-state index contributed by atoms with van der Waals surface area (Å²) in [6.07, 6.45) is 1.72. The lowest BCUT2D eigenvalue weighted by Gasteiger charge is -2.30. The minimum atomic E-state index is 0.107. The molecule has 0 spiro atoms. The predicted molar refractivity (Wildman–Crippen MR) is 114 cm³/mol. The number of amides is 1. The molecule has 1 amide bonds. The van der Waals surface area contributed by atoms with Crippen molar-refractivity contribution in [2.24, 2.45) is 0 Å². The number of hydrogen-bond donors (Lipinski definition) is 0. The molecule has 1 aliphatic heterocycles. The van der Waals surface area contributed by atoms with Crippen LogP contribution in [-0.4, -0.2) is 54.2 Å². The summed E-state index contributed by atoms with van der Waals surface area (Å²) >= 11 is 1.36. The number of aromatic nitrogens is 5. The molecule has 4 heterocycles. The SMILES string of the molecule is Cc1cc(C)n2nc(SCC(=O)N3CCC(c4nc5ccccc5o4)CC3)nc2n1. The van der Waals surface area contributed by atoms with Crippen molar-refractivity contribution in [3.63, 3.8) is 0 Å². The van der Waals surface area contributed by atoms with E-state index in [0.29, 0.717) is 29.8 Å². The molecule has 1 aliphatic rings. The van der Waals surface area contributed by atoms with Gasteiger partial charge in [0.1, 0.15) is 5.52 Å². The second kappa shape index (κ2) is 7.71. The molecule has 1 fully saturated rings. The third-order valence-electron chi connectivity index (χ3n) is 5.43. The van der Waals surface area contributed by atoms with Crippen LogP contribution in [-0.2, 0) is 4.79 Å². The van der Waals surface area contributed by atoms with E-state index in [-0.39, 0.29) is 11.8 Å². The molecule has 1 aromatic carbocycles. The average molecular weight is 423 g/mol. The first kappa shape index (κ1) is 19.0. The molecule has 9 heteroatoms. The van der Waals surface area contributed by atoms with E-state index < -0.39 is 0 Å². The largest absolute Gasteiger partial charge is 0.440 e. The Labute approximate surface area is 177 Å². The van der Waals surface area contributed by atoms with Crippen LogP contribution in [0.3, 0.4) is 0 Å². The minimum Gasteiger partial charge on any atom is -0.440 e. The van der Waals surface area contributed by atoms with Crippen LogP contribution in [0.5, 0.6) is 0 Å². The van der Waals surface area contributed by atoms with Crippen LogP contribution >= 0.6 is 11.8 Å². The molecule has 0 saturated carbocycles. The molecular weight excluding hydrogens is 400 g/mol. The molecule has 0 bridgehead atoms. The van der Waals surface area contributed by atoms with Crippen LogP contribution in [0, 0.1) is 13.8 Å². The monoisotopic (exact) mass is 422 g/mol. The fourth-order valence-electron chi connectivity index (χ4n) is 3.87. The molecule has 0 aliphatic carbocycles. The van der Waals surface area contributed by atoms with E-state index in [1.807, 2.05) is 49.1 Å². The van der Waals surface area contributed by atoms with Crippen LogP contribution in [0.2, 0.25) is 0 Å². The zero-order valence-corrected chi connectivity index (χ0v) is 17.7. The lowest BCUT2D eigenvalue weighted by molar-refractivity contribution is -0.129. The number of carbonyl (C=O) groups is 1. The summed E-state index contributed by atoms with van der Waals surface area (Å²) in [4.78, 5) is 28.0. The Morgan fingerprint density at radius 2 is 1.97 bits per heavy atom. The van der Waals surface area contributed by atoms with Crippen LogP contribution in [0.4, 0.5) is 0 Å². The molecule has 4 aromatic rings. The molecule has 30 heavy (non-hydrogen) atoms. The lowest BCUT2D eigenvalue weighted by atomic mass is 9.97. The van der Waals surface area contributed by atoms with E-state index in [4.69, 9.17) is 4.42 Å². The van der Waals surface area contributed by atoms with Crippen molar-refractivity contribution in [1.82, 2.24) is 29.5 Å². The number of oxazole rings is 1. The summed E-state index contributed by atoms with van der Waals surface area (Å²) in [6, 6.07) is 9.77. The van der Waals surface area contributed by atoms with Crippen molar-refractivity contribution in [1.29, 1.82) is 0 Å². The molecular formula is C21H22N6O2S. The summed E-state index contributed by atoms with van der Waals surface area (Å²) in [5.41, 5.74) is 3.59. The number of aryl methyl sites for hydroxylation is 2. The topological polar surface area (TPSA) is 89.4 Å². The van der Waals surface area contributed by atoms with E-state index in [1.165, 1.54) is 11.8 Å². The van der Waals surface area contributed by atoms with Gasteiger partial charge in [-0.3, -0.25) is 4.79 Å². The maximum Gasteiger partial charge on any atom is 0.253 e. The number of carbonyl (C=O) groups excluding carboxylic acids is 1. The Morgan fingerprint density at radius 3 is 2.77 bits per heavy atom. The zero-order valence-electron chi connectivity index (χ0n) is 16.9. The van der Waals surface area contributed by atoms with Gasteiger partial charge in [0.15, 0.2) is 11.5 Å². The van der Waals surface area contributed by atoms with Gasteiger partial charge in [-0.25, -0.2) is 14.5 Å². The van der Waals surface area contributed by atoms with E-state index >= 15 is 0 Å². The Bertz CT molecular complexity index is 1190. The third kappa shape index (κ3) is 3.65. The van der Waals surface area contributed by atoms with Gasteiger partial charge < -0.3 is 9.32 Å². The molecule has 0 atom stereocenters. The van der Waals surface area contributed by atoms with E-state index in [1.54, 1.807) is 4.52 Å². The maximum atomic E-state index is 12.7. The lowest BCUT2D eigenvalue weighted by Crippen LogP contribution is -2.39. The molecule has 8 nitrogen and oxygen atoms in total. The molecule has 0 unspecified atom stereocenters. The molecule has 0 radical (unpaired) electrons. The van der Waals surface area contributed by atoms with Crippen molar-refractivity contribution in [3.05, 3.63) is 47.6 Å². The number of hydrogen-bond acceptors (Lipinski definition) is 7. The maximum absolute atomic E-state index is 12.7. The van der Waals surface area contributed by atoms with Gasteiger partial charge in [0, 0.05) is 30.4 Å². The van der Waals surface area contributed by atoms with E-state index in [2.05, 4.69) is 20.1 Å². The highest BCUT2D eigenvalue weighted by atomic mass is 32.2. The third-order valence-corrected chi connectivity index (χ3v) is 6.25. The highest BCUT2D eigenvalue weighted by Crippen LogP contribution is 2.30. The van der Waals surface area contributed by atoms with Gasteiger partial charge in [-0.05, 0) is 44.9 Å². The van der Waals surface area contributed by atoms with Crippen molar-refractivity contribution >= 4 is 34.5 Å². The standard InChI is InChI=1S/C21H22N6O2S/c1-13-11-14(2)27-20(22-13)24-21(25-27)30-12-18(28)26-9-7-15(8-10-26)19-23-16-5-3-4-6-17(16)29-19/h3-6,11,15H,7-10,12H2,1-2H3. The fraction of sp³-hybridized carbons (Fsp3) is 0.381.